The van der Waals surface area contributed by atoms with E-state index in [2.05, 4.69) is 26.9 Å². The number of carbonyl (C=O) groups excluding carboxylic acids is 1. The van der Waals surface area contributed by atoms with Crippen molar-refractivity contribution in [1.82, 2.24) is 24.5 Å². The fourth-order valence-corrected chi connectivity index (χ4v) is 4.46. The summed E-state index contributed by atoms with van der Waals surface area (Å²) >= 11 is 2.64. The molecule has 1 atom stereocenters. The molecule has 1 aliphatic rings. The first-order valence-electron chi connectivity index (χ1n) is 10.1. The van der Waals surface area contributed by atoms with Gasteiger partial charge >= 0.3 is 158 Å². The number of fused-ring (bicyclic) bond motifs is 1. The number of nitrogens with zero attached hydrogens (tertiary/aromatic N) is 5. The summed E-state index contributed by atoms with van der Waals surface area (Å²) in [6, 6.07) is 15.4. The molecule has 3 aromatic heterocycles. The van der Waals surface area contributed by atoms with E-state index in [9.17, 15) is 4.79 Å². The molecule has 0 spiro atoms. The van der Waals surface area contributed by atoms with Crippen molar-refractivity contribution in [3.8, 4) is 28.4 Å². The van der Waals surface area contributed by atoms with Crippen LogP contribution < -0.4 is 4.74 Å². The Morgan fingerprint density at radius 2 is 1.97 bits per heavy atom. The number of aromatic nitrogens is 4. The number of rotatable bonds is 4. The summed E-state index contributed by atoms with van der Waals surface area (Å²) in [6.07, 6.45) is 4.61. The molecule has 1 aliphatic heterocycles. The van der Waals surface area contributed by atoms with Gasteiger partial charge in [-0.25, -0.2) is 0 Å². The molecule has 4 aromatic rings. The average Bonchev–Trinajstić information content (AvgIpc) is 3.44. The van der Waals surface area contributed by atoms with Gasteiger partial charge in [0.25, 0.3) is 0 Å². The Bertz CT molecular complexity index is 1260. The predicted octanol–water partition coefficient (Wildman–Crippen LogP) is 3.27. The molecule has 0 bridgehead atoms. The molecule has 7 nitrogen and oxygen atoms in total. The standard InChI is InChI=1S/C23H20AsN5O2/c1-31-21-12-16(23(30)28-9-7-17(24)14-28)11-20(26-21)18-13-25-29-10-8-19(27-22(18)29)15-5-3-2-4-6-15/h2-6,8,10-13,17H,7,9,14H2,1H3. The number of ether oxygens (including phenoxy) is 1. The van der Waals surface area contributed by atoms with Crippen molar-refractivity contribution in [3.63, 3.8) is 0 Å². The first kappa shape index (κ1) is 19.8. The number of benzene rings is 1. The van der Waals surface area contributed by atoms with Crippen molar-refractivity contribution >= 4 is 28.4 Å². The van der Waals surface area contributed by atoms with Gasteiger partial charge in [-0.05, 0) is 0 Å². The van der Waals surface area contributed by atoms with Crippen LogP contribution in [0.3, 0.4) is 0 Å². The van der Waals surface area contributed by atoms with E-state index in [0.717, 1.165) is 36.3 Å². The summed E-state index contributed by atoms with van der Waals surface area (Å²) in [5.74, 6) is 0.382. The fraction of sp³-hybridized carbons (Fsp3) is 0.217. The van der Waals surface area contributed by atoms with Crippen molar-refractivity contribution in [2.75, 3.05) is 20.2 Å². The second kappa shape index (κ2) is 8.16. The second-order valence-electron chi connectivity index (χ2n) is 7.48. The van der Waals surface area contributed by atoms with Crippen molar-refractivity contribution < 1.29 is 9.53 Å². The Morgan fingerprint density at radius 3 is 2.71 bits per heavy atom. The summed E-state index contributed by atoms with van der Waals surface area (Å²) < 4.78 is 7.57. The van der Waals surface area contributed by atoms with Crippen LogP contribution >= 0.6 is 0 Å². The molecule has 1 saturated heterocycles. The van der Waals surface area contributed by atoms with Gasteiger partial charge < -0.3 is 0 Å². The average molecular weight is 473 g/mol. The number of amides is 1. The summed E-state index contributed by atoms with van der Waals surface area (Å²) in [4.78, 5) is 24.4. The zero-order chi connectivity index (χ0) is 21.4. The zero-order valence-electron chi connectivity index (χ0n) is 17.0. The maximum atomic E-state index is 13.1. The molecular formula is C23H20AsN5O2. The molecule has 1 unspecified atom stereocenters. The first-order valence-corrected chi connectivity index (χ1v) is 11.1. The van der Waals surface area contributed by atoms with E-state index in [4.69, 9.17) is 9.72 Å². The number of carbonyl (C=O) groups is 1. The van der Waals surface area contributed by atoms with Crippen LogP contribution in [-0.2, 0) is 0 Å². The Labute approximate surface area is 188 Å². The van der Waals surface area contributed by atoms with Gasteiger partial charge in [-0.2, -0.15) is 0 Å². The van der Waals surface area contributed by atoms with Crippen LogP contribution in [0.1, 0.15) is 16.8 Å². The van der Waals surface area contributed by atoms with Crippen LogP contribution in [0.15, 0.2) is 60.9 Å². The third kappa shape index (κ3) is 3.81. The van der Waals surface area contributed by atoms with Crippen molar-refractivity contribution in [2.45, 2.75) is 11.1 Å². The van der Waals surface area contributed by atoms with Crippen LogP contribution in [0, 0.1) is 0 Å². The normalized spacial score (nSPS) is 16.1. The molecule has 31 heavy (non-hydrogen) atoms. The number of hydrogen-bond acceptors (Lipinski definition) is 5. The molecule has 2 radical (unpaired) electrons. The van der Waals surface area contributed by atoms with Crippen molar-refractivity contribution in [2.24, 2.45) is 0 Å². The van der Waals surface area contributed by atoms with Crippen LogP contribution in [0.25, 0.3) is 28.2 Å². The second-order valence-corrected chi connectivity index (χ2v) is 9.01. The Kier molecular flexibility index (Phi) is 5.20. The van der Waals surface area contributed by atoms with Gasteiger partial charge in [0.2, 0.25) is 0 Å². The topological polar surface area (TPSA) is 72.6 Å². The fourth-order valence-electron chi connectivity index (χ4n) is 3.80. The molecule has 1 fully saturated rings. The Hall–Kier alpha value is -3.18. The zero-order valence-corrected chi connectivity index (χ0v) is 18.8. The van der Waals surface area contributed by atoms with Crippen LogP contribution in [0.5, 0.6) is 5.88 Å². The summed E-state index contributed by atoms with van der Waals surface area (Å²) in [5.41, 5.74) is 4.46. The molecular weight excluding hydrogens is 453 g/mol. The number of methoxy groups -OCH3 is 1. The van der Waals surface area contributed by atoms with Gasteiger partial charge in [0.1, 0.15) is 0 Å². The van der Waals surface area contributed by atoms with E-state index in [1.54, 1.807) is 30.0 Å². The molecule has 154 valence electrons. The molecule has 5 rings (SSSR count). The van der Waals surface area contributed by atoms with Gasteiger partial charge in [0, 0.05) is 0 Å². The number of pyridine rings is 1. The molecule has 0 saturated carbocycles. The monoisotopic (exact) mass is 473 g/mol. The van der Waals surface area contributed by atoms with Gasteiger partial charge in [-0.1, -0.05) is 30.3 Å². The third-order valence-corrected chi connectivity index (χ3v) is 6.31. The maximum absolute atomic E-state index is 13.1. The predicted molar refractivity (Wildman–Crippen MR) is 118 cm³/mol. The minimum absolute atomic E-state index is 0.00934. The summed E-state index contributed by atoms with van der Waals surface area (Å²) in [6.45, 7) is 1.51. The summed E-state index contributed by atoms with van der Waals surface area (Å²) in [7, 11) is 1.55. The van der Waals surface area contributed by atoms with E-state index in [-0.39, 0.29) is 5.91 Å². The molecule has 0 N–H and O–H groups in total. The van der Waals surface area contributed by atoms with Gasteiger partial charge in [-0.3, -0.25) is 0 Å². The first-order chi connectivity index (χ1) is 15.1. The van der Waals surface area contributed by atoms with Gasteiger partial charge in [-0.15, -0.1) is 0 Å². The van der Waals surface area contributed by atoms with E-state index < -0.39 is 0 Å². The van der Waals surface area contributed by atoms with Crippen molar-refractivity contribution in [1.29, 1.82) is 0 Å². The van der Waals surface area contributed by atoms with Crippen molar-refractivity contribution in [3.05, 3.63) is 66.5 Å². The quantitative estimate of drug-likeness (QED) is 0.426. The minimum atomic E-state index is -0.00934. The van der Waals surface area contributed by atoms with Gasteiger partial charge in [0.15, 0.2) is 0 Å². The van der Waals surface area contributed by atoms with E-state index in [1.165, 1.54) is 0 Å². The van der Waals surface area contributed by atoms with Gasteiger partial charge in [0.05, 0.1) is 0 Å². The molecule has 1 amide bonds. The van der Waals surface area contributed by atoms with Crippen LogP contribution in [0.4, 0.5) is 0 Å². The molecule has 1 aromatic carbocycles. The molecule has 0 aliphatic carbocycles. The Balaban J connectivity index is 1.58. The van der Waals surface area contributed by atoms with E-state index in [1.807, 2.05) is 47.5 Å². The SMILES string of the molecule is COc1cc(C(=O)N2CCC([As])C2)cc(-c2cnn3ccc(-c4ccccc4)nc23)n1. The molecule has 8 heteroatoms. The third-order valence-electron chi connectivity index (χ3n) is 5.42. The molecule has 4 heterocycles. The summed E-state index contributed by atoms with van der Waals surface area (Å²) in [5, 5.41) is 4.42. The number of likely N-dealkylation sites (tertiary alicyclic amines) is 1. The van der Waals surface area contributed by atoms with E-state index in [0.29, 0.717) is 27.5 Å². The van der Waals surface area contributed by atoms with E-state index >= 15 is 0 Å². The Morgan fingerprint density at radius 1 is 1.13 bits per heavy atom. The van der Waals surface area contributed by atoms with Crippen LogP contribution in [0.2, 0.25) is 4.71 Å². The number of hydrogen-bond donors (Lipinski definition) is 0. The van der Waals surface area contributed by atoms with Crippen LogP contribution in [-0.4, -0.2) is 67.4 Å².